The van der Waals surface area contributed by atoms with Gasteiger partial charge in [0, 0.05) is 18.8 Å². The standard InChI is InChI=1S/C21H29N5O5S2/c1-13-4-2-5-15(12-13)33(30,31)26-19(21(28)29)18(22)16(27)6-3-7-17-24-25-20(32-17)14-8-10-23-11-9-14/h2,4-5,12,14,18-19,23,26H,3,6-11,22H2,1H3,(H,28,29)/t18-,19?/m1/s1. The molecule has 33 heavy (non-hydrogen) atoms. The second-order valence-electron chi connectivity index (χ2n) is 8.16. The Morgan fingerprint density at radius 3 is 2.70 bits per heavy atom. The monoisotopic (exact) mass is 495 g/mol. The van der Waals surface area contributed by atoms with Crippen LogP contribution in [0.4, 0.5) is 0 Å². The first kappa shape index (κ1) is 25.4. The summed E-state index contributed by atoms with van der Waals surface area (Å²) in [5.41, 5.74) is 6.57. The summed E-state index contributed by atoms with van der Waals surface area (Å²) in [5.74, 6) is -1.63. The first-order chi connectivity index (χ1) is 15.7. The Balaban J connectivity index is 1.56. The number of aryl methyl sites for hydroxylation is 2. The molecule has 1 aromatic carbocycles. The summed E-state index contributed by atoms with van der Waals surface area (Å²) in [7, 11) is -4.16. The first-order valence-corrected chi connectivity index (χ1v) is 13.1. The molecule has 180 valence electrons. The number of hydrogen-bond donors (Lipinski definition) is 4. The second kappa shape index (κ2) is 11.3. The van der Waals surface area contributed by atoms with Gasteiger partial charge in [0.2, 0.25) is 10.0 Å². The van der Waals surface area contributed by atoms with Gasteiger partial charge in [-0.2, -0.15) is 4.72 Å². The Bertz CT molecular complexity index is 1080. The SMILES string of the molecule is Cc1cccc(S(=O)(=O)NC(C(=O)O)[C@H](N)C(=O)CCCc2nnc(C3CCNCC3)s2)c1. The van der Waals surface area contributed by atoms with E-state index in [0.29, 0.717) is 24.3 Å². The molecule has 0 radical (unpaired) electrons. The second-order valence-corrected chi connectivity index (χ2v) is 11.0. The Kier molecular flexibility index (Phi) is 8.65. The van der Waals surface area contributed by atoms with E-state index in [2.05, 4.69) is 20.2 Å². The summed E-state index contributed by atoms with van der Waals surface area (Å²) in [4.78, 5) is 24.1. The number of Topliss-reactive ketones (excluding diaryl/α,β-unsaturated/α-hetero) is 1. The number of nitrogens with zero attached hydrogens (tertiary/aromatic N) is 2. The summed E-state index contributed by atoms with van der Waals surface area (Å²) in [6, 6.07) is 2.75. The van der Waals surface area contributed by atoms with Crippen molar-refractivity contribution in [1.82, 2.24) is 20.2 Å². The van der Waals surface area contributed by atoms with Crippen molar-refractivity contribution < 1.29 is 23.1 Å². The van der Waals surface area contributed by atoms with Crippen LogP contribution in [-0.2, 0) is 26.0 Å². The van der Waals surface area contributed by atoms with Crippen LogP contribution in [-0.4, -0.2) is 60.6 Å². The van der Waals surface area contributed by atoms with Crippen molar-refractivity contribution in [2.75, 3.05) is 13.1 Å². The van der Waals surface area contributed by atoms with Crippen LogP contribution in [0.5, 0.6) is 0 Å². The Morgan fingerprint density at radius 2 is 2.03 bits per heavy atom. The third kappa shape index (κ3) is 6.87. The van der Waals surface area contributed by atoms with Crippen LogP contribution >= 0.6 is 11.3 Å². The largest absolute Gasteiger partial charge is 0.480 e. The number of carboxylic acids is 1. The van der Waals surface area contributed by atoms with Gasteiger partial charge in [0.05, 0.1) is 10.9 Å². The molecule has 2 aromatic rings. The topological polar surface area (TPSA) is 164 Å². The molecule has 1 aromatic heterocycles. The third-order valence-electron chi connectivity index (χ3n) is 5.56. The van der Waals surface area contributed by atoms with E-state index >= 15 is 0 Å². The number of piperidine rings is 1. The summed E-state index contributed by atoms with van der Waals surface area (Å²) >= 11 is 1.54. The molecule has 2 atom stereocenters. The molecule has 1 unspecified atom stereocenters. The van der Waals surface area contributed by atoms with Crippen molar-refractivity contribution in [3.8, 4) is 0 Å². The highest BCUT2D eigenvalue weighted by Gasteiger charge is 2.34. The molecular formula is C21H29N5O5S2. The molecule has 0 bridgehead atoms. The maximum absolute atomic E-state index is 12.6. The van der Waals surface area contributed by atoms with Crippen LogP contribution in [0.25, 0.3) is 0 Å². The number of aromatic nitrogens is 2. The molecule has 0 spiro atoms. The van der Waals surface area contributed by atoms with Crippen molar-refractivity contribution in [2.24, 2.45) is 5.73 Å². The van der Waals surface area contributed by atoms with Gasteiger partial charge in [-0.1, -0.05) is 12.1 Å². The zero-order chi connectivity index (χ0) is 24.0. The Labute approximate surface area is 197 Å². The number of carbonyl (C=O) groups is 2. The van der Waals surface area contributed by atoms with Crippen LogP contribution in [0.2, 0.25) is 0 Å². The molecule has 1 saturated heterocycles. The average Bonchev–Trinajstić information content (AvgIpc) is 3.26. The molecule has 12 heteroatoms. The fourth-order valence-electron chi connectivity index (χ4n) is 3.66. The molecule has 1 fully saturated rings. The van der Waals surface area contributed by atoms with Crippen LogP contribution in [0.15, 0.2) is 29.2 Å². The van der Waals surface area contributed by atoms with Gasteiger partial charge >= 0.3 is 5.97 Å². The van der Waals surface area contributed by atoms with E-state index in [1.807, 2.05) is 0 Å². The number of benzene rings is 1. The molecule has 0 amide bonds. The summed E-state index contributed by atoms with van der Waals surface area (Å²) < 4.78 is 27.3. The van der Waals surface area contributed by atoms with Crippen LogP contribution in [0.3, 0.4) is 0 Å². The zero-order valence-electron chi connectivity index (χ0n) is 18.4. The van der Waals surface area contributed by atoms with E-state index in [1.165, 1.54) is 23.5 Å². The minimum Gasteiger partial charge on any atom is -0.480 e. The van der Waals surface area contributed by atoms with Gasteiger partial charge in [-0.3, -0.25) is 9.59 Å². The lowest BCUT2D eigenvalue weighted by Crippen LogP contribution is -2.55. The molecular weight excluding hydrogens is 466 g/mol. The number of aliphatic carboxylic acids is 1. The van der Waals surface area contributed by atoms with Gasteiger partial charge in [0.1, 0.15) is 16.1 Å². The average molecular weight is 496 g/mol. The number of carbonyl (C=O) groups excluding carboxylic acids is 1. The van der Waals surface area contributed by atoms with E-state index < -0.39 is 33.9 Å². The summed E-state index contributed by atoms with van der Waals surface area (Å²) in [6.45, 7) is 3.64. The normalized spacial score (nSPS) is 16.9. The lowest BCUT2D eigenvalue weighted by atomic mass is 9.99. The highest BCUT2D eigenvalue weighted by Crippen LogP contribution is 2.28. The molecule has 1 aliphatic rings. The third-order valence-corrected chi connectivity index (χ3v) is 8.15. The van der Waals surface area contributed by atoms with Gasteiger partial charge in [-0.15, -0.1) is 21.5 Å². The maximum Gasteiger partial charge on any atom is 0.323 e. The quantitative estimate of drug-likeness (QED) is 0.355. The van der Waals surface area contributed by atoms with Gasteiger partial charge in [-0.05, 0) is 57.0 Å². The van der Waals surface area contributed by atoms with Crippen LogP contribution in [0.1, 0.15) is 47.2 Å². The van der Waals surface area contributed by atoms with Gasteiger partial charge in [0.15, 0.2) is 5.78 Å². The molecule has 1 aliphatic heterocycles. The van der Waals surface area contributed by atoms with E-state index in [4.69, 9.17) is 5.73 Å². The van der Waals surface area contributed by atoms with Crippen molar-refractivity contribution in [3.05, 3.63) is 39.8 Å². The first-order valence-electron chi connectivity index (χ1n) is 10.8. The predicted molar refractivity (Wildman–Crippen MR) is 124 cm³/mol. The highest BCUT2D eigenvalue weighted by molar-refractivity contribution is 7.89. The predicted octanol–water partition coefficient (Wildman–Crippen LogP) is 0.964. The van der Waals surface area contributed by atoms with E-state index in [-0.39, 0.29) is 11.3 Å². The number of sulfonamides is 1. The molecule has 5 N–H and O–H groups in total. The number of carboxylic acid groups (broad SMARTS) is 1. The fraction of sp³-hybridized carbons (Fsp3) is 0.524. The van der Waals surface area contributed by atoms with Gasteiger partial charge in [-0.25, -0.2) is 8.42 Å². The maximum atomic E-state index is 12.6. The molecule has 0 aliphatic carbocycles. The Morgan fingerprint density at radius 1 is 1.30 bits per heavy atom. The molecule has 3 rings (SSSR count). The van der Waals surface area contributed by atoms with E-state index in [9.17, 15) is 23.1 Å². The number of hydrogen-bond acceptors (Lipinski definition) is 9. The summed E-state index contributed by atoms with van der Waals surface area (Å²) in [5, 5.41) is 23.1. The van der Waals surface area contributed by atoms with Crippen molar-refractivity contribution in [2.45, 2.75) is 61.9 Å². The van der Waals surface area contributed by atoms with Crippen LogP contribution in [0, 0.1) is 6.92 Å². The van der Waals surface area contributed by atoms with Crippen molar-refractivity contribution >= 4 is 33.1 Å². The van der Waals surface area contributed by atoms with Crippen LogP contribution < -0.4 is 15.8 Å². The minimum absolute atomic E-state index is 0.0133. The smallest absolute Gasteiger partial charge is 0.323 e. The molecule has 2 heterocycles. The molecule has 10 nitrogen and oxygen atoms in total. The summed E-state index contributed by atoms with van der Waals surface area (Å²) in [6.07, 6.45) is 3.01. The minimum atomic E-state index is -4.16. The Hall–Kier alpha value is -2.25. The van der Waals surface area contributed by atoms with Gasteiger partial charge in [0.25, 0.3) is 0 Å². The zero-order valence-corrected chi connectivity index (χ0v) is 20.0. The van der Waals surface area contributed by atoms with Crippen molar-refractivity contribution in [1.29, 1.82) is 0 Å². The lowest BCUT2D eigenvalue weighted by Gasteiger charge is -2.20. The number of nitrogens with one attached hydrogen (secondary N) is 2. The number of rotatable bonds is 11. The van der Waals surface area contributed by atoms with E-state index in [1.54, 1.807) is 19.1 Å². The fourth-order valence-corrected chi connectivity index (χ4v) is 6.03. The highest BCUT2D eigenvalue weighted by atomic mass is 32.2. The van der Waals surface area contributed by atoms with Gasteiger partial charge < -0.3 is 16.2 Å². The number of nitrogens with two attached hydrogens (primary N) is 1. The molecule has 0 saturated carbocycles. The van der Waals surface area contributed by atoms with Crippen molar-refractivity contribution in [3.63, 3.8) is 0 Å². The number of ketones is 1. The lowest BCUT2D eigenvalue weighted by molar-refractivity contribution is -0.141. The van der Waals surface area contributed by atoms with E-state index in [0.717, 1.165) is 35.9 Å².